The largest absolute Gasteiger partial charge is 0.0875 e. The molecule has 0 spiro atoms. The summed E-state index contributed by atoms with van der Waals surface area (Å²) in [5.74, 6) is 0. The first kappa shape index (κ1) is 9.06. The van der Waals surface area contributed by atoms with Crippen LogP contribution >= 0.6 is 23.2 Å². The van der Waals surface area contributed by atoms with Crippen LogP contribution < -0.4 is 0 Å². The van der Waals surface area contributed by atoms with E-state index in [1.807, 2.05) is 19.9 Å². The molecular formula is C7H10Cl2. The summed E-state index contributed by atoms with van der Waals surface area (Å²) in [6, 6.07) is 0. The highest BCUT2D eigenvalue weighted by Gasteiger charge is 1.92. The number of allylic oxidation sites excluding steroid dienone is 4. The second-order valence-corrected chi connectivity index (χ2v) is 2.47. The molecule has 0 aliphatic rings. The lowest BCUT2D eigenvalue weighted by molar-refractivity contribution is 1.19. The summed E-state index contributed by atoms with van der Waals surface area (Å²) in [5.41, 5.74) is 0. The highest BCUT2D eigenvalue weighted by molar-refractivity contribution is 6.40. The van der Waals surface area contributed by atoms with E-state index in [2.05, 4.69) is 0 Å². The number of halogens is 2. The van der Waals surface area contributed by atoms with Gasteiger partial charge in [0.25, 0.3) is 0 Å². The Bertz CT molecular complexity index is 134. The summed E-state index contributed by atoms with van der Waals surface area (Å²) in [5, 5.41) is 1.36. The molecule has 0 aromatic rings. The second-order valence-electron chi connectivity index (χ2n) is 1.61. The van der Waals surface area contributed by atoms with Crippen LogP contribution in [0.1, 0.15) is 20.3 Å². The van der Waals surface area contributed by atoms with Crippen molar-refractivity contribution in [3.63, 3.8) is 0 Å². The van der Waals surface area contributed by atoms with Gasteiger partial charge in [-0.05, 0) is 19.4 Å². The van der Waals surface area contributed by atoms with Crippen LogP contribution in [0.4, 0.5) is 0 Å². The Morgan fingerprint density at radius 1 is 1.44 bits per heavy atom. The minimum atomic E-state index is 0.640. The molecular weight excluding hydrogens is 155 g/mol. The van der Waals surface area contributed by atoms with Crippen LogP contribution in [0.3, 0.4) is 0 Å². The van der Waals surface area contributed by atoms with Gasteiger partial charge in [0, 0.05) is 5.03 Å². The molecule has 0 unspecified atom stereocenters. The van der Waals surface area contributed by atoms with Crippen LogP contribution in [-0.4, -0.2) is 0 Å². The SMILES string of the molecule is CC=CC(Cl)=C(Cl)CC. The molecule has 0 aromatic heterocycles. The fraction of sp³-hybridized carbons (Fsp3) is 0.429. The third-order valence-corrected chi connectivity index (χ3v) is 1.80. The number of rotatable bonds is 2. The lowest BCUT2D eigenvalue weighted by Gasteiger charge is -1.91. The first-order chi connectivity index (χ1) is 4.22. The maximum absolute atomic E-state index is 5.69. The Balaban J connectivity index is 4.10. The van der Waals surface area contributed by atoms with E-state index >= 15 is 0 Å². The molecule has 0 aromatic carbocycles. The van der Waals surface area contributed by atoms with Crippen LogP contribution in [0.25, 0.3) is 0 Å². The molecule has 52 valence electrons. The average molecular weight is 165 g/mol. The maximum Gasteiger partial charge on any atom is 0.0547 e. The molecule has 9 heavy (non-hydrogen) atoms. The van der Waals surface area contributed by atoms with Crippen LogP contribution in [0, 0.1) is 0 Å². The van der Waals surface area contributed by atoms with Gasteiger partial charge in [0.2, 0.25) is 0 Å². The van der Waals surface area contributed by atoms with Gasteiger partial charge in [0.15, 0.2) is 0 Å². The molecule has 0 aliphatic heterocycles. The standard InChI is InChI=1S/C7H10Cl2/c1-3-5-7(9)6(8)4-2/h3,5H,4H2,1-2H3. The molecule has 0 fully saturated rings. The zero-order valence-electron chi connectivity index (χ0n) is 5.62. The number of hydrogen-bond acceptors (Lipinski definition) is 0. The van der Waals surface area contributed by atoms with E-state index in [1.165, 1.54) is 0 Å². The van der Waals surface area contributed by atoms with E-state index in [0.29, 0.717) is 5.03 Å². The predicted octanol–water partition coefficient (Wildman–Crippen LogP) is 3.66. The van der Waals surface area contributed by atoms with E-state index in [0.717, 1.165) is 11.5 Å². The van der Waals surface area contributed by atoms with Crippen LogP contribution in [0.5, 0.6) is 0 Å². The van der Waals surface area contributed by atoms with Crippen LogP contribution in [0.15, 0.2) is 22.2 Å². The van der Waals surface area contributed by atoms with Gasteiger partial charge in [-0.25, -0.2) is 0 Å². The van der Waals surface area contributed by atoms with Crippen LogP contribution in [0.2, 0.25) is 0 Å². The van der Waals surface area contributed by atoms with Crippen molar-refractivity contribution >= 4 is 23.2 Å². The van der Waals surface area contributed by atoms with Gasteiger partial charge < -0.3 is 0 Å². The van der Waals surface area contributed by atoms with Crippen LogP contribution in [-0.2, 0) is 0 Å². The van der Waals surface area contributed by atoms with Gasteiger partial charge in [-0.15, -0.1) is 0 Å². The molecule has 0 aliphatic carbocycles. The average Bonchev–Trinajstić information content (AvgIpc) is 1.87. The van der Waals surface area contributed by atoms with Gasteiger partial charge in [0.1, 0.15) is 0 Å². The second kappa shape index (κ2) is 4.89. The van der Waals surface area contributed by atoms with E-state index in [9.17, 15) is 0 Å². The summed E-state index contributed by atoms with van der Waals surface area (Å²) in [7, 11) is 0. The highest BCUT2D eigenvalue weighted by Crippen LogP contribution is 2.17. The van der Waals surface area contributed by atoms with E-state index in [4.69, 9.17) is 23.2 Å². The van der Waals surface area contributed by atoms with E-state index < -0.39 is 0 Å². The molecule has 0 amide bonds. The summed E-state index contributed by atoms with van der Waals surface area (Å²) in [6.07, 6.45) is 4.44. The van der Waals surface area contributed by atoms with Gasteiger partial charge in [-0.2, -0.15) is 0 Å². The molecule has 0 saturated carbocycles. The van der Waals surface area contributed by atoms with Crippen molar-refractivity contribution in [2.75, 3.05) is 0 Å². The molecule has 0 bridgehead atoms. The topological polar surface area (TPSA) is 0 Å². The van der Waals surface area contributed by atoms with E-state index in [-0.39, 0.29) is 0 Å². The summed E-state index contributed by atoms with van der Waals surface area (Å²) in [6.45, 7) is 3.87. The van der Waals surface area contributed by atoms with Crippen molar-refractivity contribution in [1.82, 2.24) is 0 Å². The Morgan fingerprint density at radius 2 is 2.00 bits per heavy atom. The zero-order chi connectivity index (χ0) is 7.28. The van der Waals surface area contributed by atoms with Gasteiger partial charge in [0.05, 0.1) is 5.03 Å². The van der Waals surface area contributed by atoms with Crippen molar-refractivity contribution < 1.29 is 0 Å². The highest BCUT2D eigenvalue weighted by atomic mass is 35.5. The first-order valence-corrected chi connectivity index (χ1v) is 3.64. The van der Waals surface area contributed by atoms with Crippen molar-refractivity contribution in [3.05, 3.63) is 22.2 Å². The summed E-state index contributed by atoms with van der Waals surface area (Å²) < 4.78 is 0. The monoisotopic (exact) mass is 164 g/mol. The molecule has 0 rings (SSSR count). The molecule has 2 heteroatoms. The third kappa shape index (κ3) is 3.61. The lowest BCUT2D eigenvalue weighted by atomic mass is 10.4. The molecule has 0 nitrogen and oxygen atoms in total. The molecule has 0 N–H and O–H groups in total. The summed E-state index contributed by atoms with van der Waals surface area (Å²) in [4.78, 5) is 0. The fourth-order valence-electron chi connectivity index (χ4n) is 0.406. The van der Waals surface area contributed by atoms with Gasteiger partial charge >= 0.3 is 0 Å². The third-order valence-electron chi connectivity index (χ3n) is 0.883. The number of hydrogen-bond donors (Lipinski definition) is 0. The van der Waals surface area contributed by atoms with Crippen molar-refractivity contribution in [2.45, 2.75) is 20.3 Å². The predicted molar refractivity (Wildman–Crippen MR) is 43.8 cm³/mol. The molecule has 0 atom stereocenters. The lowest BCUT2D eigenvalue weighted by Crippen LogP contribution is -1.70. The Labute approximate surface area is 66.2 Å². The van der Waals surface area contributed by atoms with Crippen molar-refractivity contribution in [2.24, 2.45) is 0 Å². The zero-order valence-corrected chi connectivity index (χ0v) is 7.13. The van der Waals surface area contributed by atoms with Crippen molar-refractivity contribution in [3.8, 4) is 0 Å². The normalized spacial score (nSPS) is 14.2. The molecule has 0 radical (unpaired) electrons. The van der Waals surface area contributed by atoms with Crippen molar-refractivity contribution in [1.29, 1.82) is 0 Å². The molecule has 0 saturated heterocycles. The summed E-state index contributed by atoms with van der Waals surface area (Å²) >= 11 is 11.4. The Kier molecular flexibility index (Phi) is 4.93. The minimum absolute atomic E-state index is 0.640. The molecule has 0 heterocycles. The maximum atomic E-state index is 5.69. The Hall–Kier alpha value is 0.0600. The first-order valence-electron chi connectivity index (χ1n) is 2.89. The fourth-order valence-corrected chi connectivity index (χ4v) is 0.728. The van der Waals surface area contributed by atoms with Gasteiger partial charge in [-0.1, -0.05) is 36.2 Å². The minimum Gasteiger partial charge on any atom is -0.0875 e. The quantitative estimate of drug-likeness (QED) is 0.547. The Morgan fingerprint density at radius 3 is 2.33 bits per heavy atom. The smallest absolute Gasteiger partial charge is 0.0547 e. The van der Waals surface area contributed by atoms with Gasteiger partial charge in [-0.3, -0.25) is 0 Å². The van der Waals surface area contributed by atoms with E-state index in [1.54, 1.807) is 6.08 Å².